The molecule has 0 saturated heterocycles. The summed E-state index contributed by atoms with van der Waals surface area (Å²) in [7, 11) is 2.90. The average molecular weight is 310 g/mol. The van der Waals surface area contributed by atoms with Gasteiger partial charge in [-0.1, -0.05) is 11.3 Å². The molecule has 0 saturated carbocycles. The molecule has 0 aliphatic heterocycles. The summed E-state index contributed by atoms with van der Waals surface area (Å²) in [4.78, 5) is 24.8. The van der Waals surface area contributed by atoms with Gasteiger partial charge in [-0.15, -0.1) is 10.2 Å². The second kappa shape index (κ2) is 6.35. The van der Waals surface area contributed by atoms with Crippen molar-refractivity contribution in [2.45, 2.75) is 13.5 Å². The molecule has 0 aliphatic rings. The summed E-state index contributed by atoms with van der Waals surface area (Å²) < 4.78 is 10.1. The van der Waals surface area contributed by atoms with Crippen LogP contribution in [0, 0.1) is 6.92 Å². The minimum absolute atomic E-state index is 0.211. The molecule has 2 aromatic rings. The third-order valence-electron chi connectivity index (χ3n) is 2.69. The van der Waals surface area contributed by atoms with Gasteiger partial charge in [0.2, 0.25) is 5.13 Å². The highest BCUT2D eigenvalue weighted by molar-refractivity contribution is 7.13. The zero-order valence-corrected chi connectivity index (χ0v) is 12.6. The third-order valence-corrected chi connectivity index (χ3v) is 3.29. The van der Waals surface area contributed by atoms with Crippen LogP contribution in [-0.4, -0.2) is 41.3 Å². The van der Waals surface area contributed by atoms with Gasteiger partial charge in [0.15, 0.2) is 0 Å². The lowest BCUT2D eigenvalue weighted by Gasteiger charge is -2.15. The summed E-state index contributed by atoms with van der Waals surface area (Å²) >= 11 is 1.22. The number of methoxy groups -OCH3 is 1. The SMILES string of the molecule is COC(=O)c1cc(CN(C)C(=O)Nc2nncs2)oc1C. The Labute approximate surface area is 124 Å². The number of hydrogen-bond donors (Lipinski definition) is 1. The van der Waals surface area contributed by atoms with Crippen LogP contribution in [-0.2, 0) is 11.3 Å². The van der Waals surface area contributed by atoms with Crippen LogP contribution in [0.3, 0.4) is 0 Å². The van der Waals surface area contributed by atoms with Crippen molar-refractivity contribution in [1.82, 2.24) is 15.1 Å². The van der Waals surface area contributed by atoms with Crippen LogP contribution in [0.25, 0.3) is 0 Å². The summed E-state index contributed by atoms with van der Waals surface area (Å²) in [6, 6.07) is 1.22. The first kappa shape index (κ1) is 15.0. The van der Waals surface area contributed by atoms with Gasteiger partial charge in [-0.25, -0.2) is 9.59 Å². The molecule has 0 atom stereocenters. The lowest BCUT2D eigenvalue weighted by atomic mass is 10.2. The van der Waals surface area contributed by atoms with Crippen molar-refractivity contribution in [3.05, 3.63) is 28.7 Å². The van der Waals surface area contributed by atoms with Crippen molar-refractivity contribution in [2.24, 2.45) is 0 Å². The van der Waals surface area contributed by atoms with Gasteiger partial charge >= 0.3 is 12.0 Å². The first-order valence-corrected chi connectivity index (χ1v) is 6.85. The van der Waals surface area contributed by atoms with E-state index in [-0.39, 0.29) is 12.6 Å². The van der Waals surface area contributed by atoms with Gasteiger partial charge in [0.05, 0.1) is 13.7 Å². The van der Waals surface area contributed by atoms with Crippen LogP contribution in [0.2, 0.25) is 0 Å². The Morgan fingerprint density at radius 3 is 2.90 bits per heavy atom. The lowest BCUT2D eigenvalue weighted by molar-refractivity contribution is 0.0599. The molecule has 0 aromatic carbocycles. The van der Waals surface area contributed by atoms with Gasteiger partial charge in [-0.2, -0.15) is 0 Å². The second-order valence-corrected chi connectivity index (χ2v) is 5.04. The third kappa shape index (κ3) is 3.57. The molecular weight excluding hydrogens is 296 g/mol. The number of rotatable bonds is 4. The Bertz CT molecular complexity index is 638. The van der Waals surface area contributed by atoms with Crippen molar-refractivity contribution in [1.29, 1.82) is 0 Å². The van der Waals surface area contributed by atoms with Gasteiger partial charge < -0.3 is 14.1 Å². The Kier molecular flexibility index (Phi) is 4.53. The van der Waals surface area contributed by atoms with E-state index in [0.717, 1.165) is 0 Å². The van der Waals surface area contributed by atoms with Crippen LogP contribution in [0.15, 0.2) is 16.0 Å². The number of nitrogens with zero attached hydrogens (tertiary/aromatic N) is 3. The van der Waals surface area contributed by atoms with Crippen LogP contribution < -0.4 is 5.32 Å². The Hall–Kier alpha value is -2.42. The number of aromatic nitrogens is 2. The number of amides is 2. The van der Waals surface area contributed by atoms with E-state index in [1.54, 1.807) is 20.0 Å². The first-order valence-electron chi connectivity index (χ1n) is 5.97. The fourth-order valence-corrected chi connectivity index (χ4v) is 2.09. The van der Waals surface area contributed by atoms with E-state index in [2.05, 4.69) is 20.3 Å². The van der Waals surface area contributed by atoms with Gasteiger partial charge in [-0.05, 0) is 13.0 Å². The maximum atomic E-state index is 11.9. The van der Waals surface area contributed by atoms with Crippen LogP contribution in [0.1, 0.15) is 21.9 Å². The van der Waals surface area contributed by atoms with Crippen LogP contribution >= 0.6 is 11.3 Å². The van der Waals surface area contributed by atoms with Crippen molar-refractivity contribution >= 4 is 28.5 Å². The average Bonchev–Trinajstić information content (AvgIpc) is 3.07. The number of urea groups is 1. The molecule has 2 aromatic heterocycles. The van der Waals surface area contributed by atoms with E-state index >= 15 is 0 Å². The normalized spacial score (nSPS) is 10.2. The largest absolute Gasteiger partial charge is 0.465 e. The molecule has 0 bridgehead atoms. The maximum Gasteiger partial charge on any atom is 0.341 e. The minimum Gasteiger partial charge on any atom is -0.465 e. The number of ether oxygens (including phenoxy) is 1. The number of furan rings is 1. The van der Waals surface area contributed by atoms with Crippen molar-refractivity contribution < 1.29 is 18.7 Å². The van der Waals surface area contributed by atoms with Crippen molar-refractivity contribution in [3.8, 4) is 0 Å². The molecule has 0 spiro atoms. The molecule has 112 valence electrons. The molecule has 2 heterocycles. The zero-order chi connectivity index (χ0) is 15.4. The number of carbonyl (C=O) groups is 2. The molecule has 21 heavy (non-hydrogen) atoms. The minimum atomic E-state index is -0.469. The van der Waals surface area contributed by atoms with Gasteiger partial charge in [0.1, 0.15) is 22.6 Å². The molecular formula is C12H14N4O4S. The molecule has 0 fully saturated rings. The Balaban J connectivity index is 2.00. The highest BCUT2D eigenvalue weighted by Crippen LogP contribution is 2.17. The van der Waals surface area contributed by atoms with Crippen LogP contribution in [0.4, 0.5) is 9.93 Å². The fourth-order valence-electron chi connectivity index (χ4n) is 1.65. The summed E-state index contributed by atoms with van der Waals surface area (Å²) in [6.07, 6.45) is 0. The van der Waals surface area contributed by atoms with E-state index in [1.807, 2.05) is 0 Å². The zero-order valence-electron chi connectivity index (χ0n) is 11.7. The maximum absolute atomic E-state index is 11.9. The molecule has 8 nitrogen and oxygen atoms in total. The topological polar surface area (TPSA) is 97.6 Å². The monoisotopic (exact) mass is 310 g/mol. The van der Waals surface area contributed by atoms with E-state index in [9.17, 15) is 9.59 Å². The molecule has 2 amide bonds. The Morgan fingerprint density at radius 2 is 2.29 bits per heavy atom. The van der Waals surface area contributed by atoms with Gasteiger partial charge in [-0.3, -0.25) is 5.32 Å². The van der Waals surface area contributed by atoms with E-state index in [0.29, 0.717) is 22.2 Å². The second-order valence-electron chi connectivity index (χ2n) is 4.20. The van der Waals surface area contributed by atoms with E-state index in [4.69, 9.17) is 4.42 Å². The highest BCUT2D eigenvalue weighted by Gasteiger charge is 2.18. The molecule has 0 radical (unpaired) electrons. The summed E-state index contributed by atoms with van der Waals surface area (Å²) in [5.74, 6) is 0.473. The first-order chi connectivity index (χ1) is 10.0. The van der Waals surface area contributed by atoms with Gasteiger partial charge in [0, 0.05) is 7.05 Å². The summed E-state index contributed by atoms with van der Waals surface area (Å²) in [5, 5.41) is 10.4. The predicted octanol–water partition coefficient (Wildman–Crippen LogP) is 1.89. The lowest BCUT2D eigenvalue weighted by Crippen LogP contribution is -2.30. The number of anilines is 1. The van der Waals surface area contributed by atoms with Crippen molar-refractivity contribution in [3.63, 3.8) is 0 Å². The molecule has 9 heteroatoms. The van der Waals surface area contributed by atoms with E-state index < -0.39 is 5.97 Å². The molecule has 0 aliphatic carbocycles. The summed E-state index contributed by atoms with van der Waals surface area (Å²) in [6.45, 7) is 1.87. The molecule has 0 unspecified atom stereocenters. The van der Waals surface area contributed by atoms with Gasteiger partial charge in [0.25, 0.3) is 0 Å². The quantitative estimate of drug-likeness (QED) is 0.866. The summed E-state index contributed by atoms with van der Waals surface area (Å²) in [5.41, 5.74) is 1.87. The van der Waals surface area contributed by atoms with Crippen molar-refractivity contribution in [2.75, 3.05) is 19.5 Å². The fraction of sp³-hybridized carbons (Fsp3) is 0.333. The number of esters is 1. The smallest absolute Gasteiger partial charge is 0.341 e. The number of carbonyl (C=O) groups excluding carboxylic acids is 2. The standard InChI is InChI=1S/C12H14N4O4S/c1-7-9(10(17)19-3)4-8(20-7)5-16(2)12(18)14-11-15-13-6-21-11/h4,6H,5H2,1-3H3,(H,14,15,18). The number of nitrogens with one attached hydrogen (secondary N) is 1. The Morgan fingerprint density at radius 1 is 1.52 bits per heavy atom. The number of aryl methyl sites for hydroxylation is 1. The molecule has 1 N–H and O–H groups in total. The number of hydrogen-bond acceptors (Lipinski definition) is 7. The van der Waals surface area contributed by atoms with Crippen LogP contribution in [0.5, 0.6) is 0 Å². The van der Waals surface area contributed by atoms with E-state index in [1.165, 1.54) is 28.9 Å². The molecule has 2 rings (SSSR count). The highest BCUT2D eigenvalue weighted by atomic mass is 32.1. The predicted molar refractivity (Wildman–Crippen MR) is 75.2 cm³/mol.